The van der Waals surface area contributed by atoms with Gasteiger partial charge >= 0.3 is 12.1 Å². The van der Waals surface area contributed by atoms with Gasteiger partial charge in [0.1, 0.15) is 24.4 Å². The van der Waals surface area contributed by atoms with Gasteiger partial charge in [-0.05, 0) is 54.0 Å². The molecule has 0 bridgehead atoms. The number of ether oxygens (including phenoxy) is 2. The first-order chi connectivity index (χ1) is 22.5. The number of aliphatic carboxylic acids is 1. The number of guanidine groups is 1. The van der Waals surface area contributed by atoms with Crippen molar-refractivity contribution in [3.63, 3.8) is 0 Å². The van der Waals surface area contributed by atoms with Crippen molar-refractivity contribution in [2.75, 3.05) is 13.2 Å². The predicted molar refractivity (Wildman–Crippen MR) is 176 cm³/mol. The van der Waals surface area contributed by atoms with Crippen LogP contribution in [0.4, 0.5) is 4.79 Å². The van der Waals surface area contributed by atoms with Crippen LogP contribution in [0.15, 0.2) is 78.9 Å². The molecule has 4 rings (SSSR count). The van der Waals surface area contributed by atoms with Crippen molar-refractivity contribution in [2.24, 2.45) is 11.5 Å². The molecule has 0 spiro atoms. The number of alkyl carbamates (subject to hydrolysis) is 1. The van der Waals surface area contributed by atoms with Crippen LogP contribution in [0.3, 0.4) is 0 Å². The van der Waals surface area contributed by atoms with Crippen LogP contribution < -0.4 is 32.2 Å². The lowest BCUT2D eigenvalue weighted by Gasteiger charge is -2.23. The van der Waals surface area contributed by atoms with Crippen LogP contribution in [0.5, 0.6) is 5.75 Å². The van der Waals surface area contributed by atoms with E-state index < -0.39 is 36.0 Å². The monoisotopic (exact) mass is 646 g/mol. The average molecular weight is 647 g/mol. The van der Waals surface area contributed by atoms with Crippen LogP contribution in [0, 0.1) is 5.41 Å². The second kappa shape index (κ2) is 18.4. The molecule has 0 aromatic heterocycles. The number of hydrogen-bond donors (Lipinski definition) is 7. The van der Waals surface area contributed by atoms with Gasteiger partial charge in [0.15, 0.2) is 5.96 Å². The number of nitrogens with one attached hydrogen (secondary N) is 4. The normalized spacial score (nSPS) is 14.4. The number of primary amides is 1. The van der Waals surface area contributed by atoms with Gasteiger partial charge in [0, 0.05) is 18.5 Å². The Bertz CT molecular complexity index is 1500. The summed E-state index contributed by atoms with van der Waals surface area (Å²) >= 11 is 0. The molecule has 0 saturated carbocycles. The quantitative estimate of drug-likeness (QED) is 0.0823. The van der Waals surface area contributed by atoms with Gasteiger partial charge in [-0.2, -0.15) is 0 Å². The lowest BCUT2D eigenvalue weighted by atomic mass is 9.94. The Balaban J connectivity index is 0.000000353. The molecule has 1 aliphatic heterocycles. The summed E-state index contributed by atoms with van der Waals surface area (Å²) in [6.45, 7) is 3.21. The van der Waals surface area contributed by atoms with Gasteiger partial charge in [-0.3, -0.25) is 15.0 Å². The number of amides is 3. The Morgan fingerprint density at radius 3 is 2.23 bits per heavy atom. The van der Waals surface area contributed by atoms with Crippen molar-refractivity contribution < 1.29 is 33.8 Å². The molecule has 3 aromatic rings. The van der Waals surface area contributed by atoms with Crippen LogP contribution in [0.25, 0.3) is 0 Å². The maximum atomic E-state index is 12.9. The zero-order valence-corrected chi connectivity index (χ0v) is 26.2. The van der Waals surface area contributed by atoms with E-state index in [0.29, 0.717) is 24.4 Å². The minimum atomic E-state index is -1.20. The Hall–Kier alpha value is -5.59. The number of carbonyl (C=O) groups is 4. The summed E-state index contributed by atoms with van der Waals surface area (Å²) in [7, 11) is 0. The minimum Gasteiger partial charge on any atom is -0.493 e. The van der Waals surface area contributed by atoms with Crippen LogP contribution in [0.2, 0.25) is 0 Å². The number of benzene rings is 3. The Morgan fingerprint density at radius 2 is 1.62 bits per heavy atom. The molecule has 9 N–H and O–H groups in total. The van der Waals surface area contributed by atoms with Gasteiger partial charge in [-0.25, -0.2) is 9.59 Å². The third-order valence-corrected chi connectivity index (χ3v) is 7.34. The molecule has 1 unspecified atom stereocenters. The fraction of sp³-hybridized carbons (Fsp3) is 0.324. The Labute approximate surface area is 273 Å². The topological polar surface area (TPSA) is 219 Å². The number of carboxylic acid groups (broad SMARTS) is 1. The van der Waals surface area contributed by atoms with Gasteiger partial charge in [0.25, 0.3) is 0 Å². The highest BCUT2D eigenvalue weighted by Gasteiger charge is 2.27. The summed E-state index contributed by atoms with van der Waals surface area (Å²) < 4.78 is 10.7. The van der Waals surface area contributed by atoms with Crippen molar-refractivity contribution in [3.8, 4) is 5.75 Å². The smallest absolute Gasteiger partial charge is 0.408 e. The zero-order valence-electron chi connectivity index (χ0n) is 26.2. The Morgan fingerprint density at radius 1 is 0.957 bits per heavy atom. The summed E-state index contributed by atoms with van der Waals surface area (Å²) in [5.41, 5.74) is 13.7. The molecular formula is C34H42N6O7. The highest BCUT2D eigenvalue weighted by atomic mass is 16.5. The van der Waals surface area contributed by atoms with E-state index in [-0.39, 0.29) is 25.4 Å². The van der Waals surface area contributed by atoms with Gasteiger partial charge < -0.3 is 42.0 Å². The van der Waals surface area contributed by atoms with E-state index in [4.69, 9.17) is 26.4 Å². The Kier molecular flexibility index (Phi) is 14.0. The maximum Gasteiger partial charge on any atom is 0.408 e. The molecule has 0 fully saturated rings. The molecule has 250 valence electrons. The fourth-order valence-corrected chi connectivity index (χ4v) is 4.75. The van der Waals surface area contributed by atoms with Crippen molar-refractivity contribution in [1.29, 1.82) is 5.41 Å². The average Bonchev–Trinajstić information content (AvgIpc) is 3.05. The van der Waals surface area contributed by atoms with E-state index in [1.165, 1.54) is 5.56 Å². The lowest BCUT2D eigenvalue weighted by Crippen LogP contribution is -2.52. The van der Waals surface area contributed by atoms with Crippen molar-refractivity contribution in [3.05, 3.63) is 101 Å². The lowest BCUT2D eigenvalue weighted by molar-refractivity contribution is -0.142. The maximum absolute atomic E-state index is 12.9. The molecule has 3 amide bonds. The summed E-state index contributed by atoms with van der Waals surface area (Å²) in [4.78, 5) is 47.8. The second-order valence-electron chi connectivity index (χ2n) is 11.0. The first-order valence-electron chi connectivity index (χ1n) is 15.2. The third kappa shape index (κ3) is 12.4. The van der Waals surface area contributed by atoms with Gasteiger partial charge in [0.05, 0.1) is 6.61 Å². The highest BCUT2D eigenvalue weighted by Crippen LogP contribution is 2.33. The number of hydrogen-bond acceptors (Lipinski definition) is 7. The molecule has 0 aliphatic carbocycles. The van der Waals surface area contributed by atoms with E-state index in [0.717, 1.165) is 29.9 Å². The van der Waals surface area contributed by atoms with Gasteiger partial charge in [-0.1, -0.05) is 73.7 Å². The first-order valence-corrected chi connectivity index (χ1v) is 15.2. The third-order valence-electron chi connectivity index (χ3n) is 7.34. The van der Waals surface area contributed by atoms with Crippen molar-refractivity contribution in [2.45, 2.75) is 57.2 Å². The van der Waals surface area contributed by atoms with Crippen molar-refractivity contribution >= 4 is 29.8 Å². The largest absolute Gasteiger partial charge is 0.493 e. The number of rotatable bonds is 13. The molecular weight excluding hydrogens is 604 g/mol. The summed E-state index contributed by atoms with van der Waals surface area (Å²) in [5, 5.41) is 24.2. The van der Waals surface area contributed by atoms with E-state index in [9.17, 15) is 24.3 Å². The molecule has 1 heterocycles. The van der Waals surface area contributed by atoms with Crippen LogP contribution in [-0.2, 0) is 27.4 Å². The summed E-state index contributed by atoms with van der Waals surface area (Å²) in [5.74, 6) is -1.15. The van der Waals surface area contributed by atoms with Gasteiger partial charge in [0.2, 0.25) is 11.8 Å². The molecule has 0 radical (unpaired) electrons. The van der Waals surface area contributed by atoms with Crippen molar-refractivity contribution in [1.82, 2.24) is 16.0 Å². The van der Waals surface area contributed by atoms with Crippen LogP contribution in [-0.4, -0.2) is 60.2 Å². The SMILES string of the molecule is CC1CCOc2cc(C(N)=O)ccc21.N=C(N)NCCC[C@H](NC(=O)[C@H](Cc1ccccc1)NC(=O)OCc1ccccc1)C(=O)O. The van der Waals surface area contributed by atoms with E-state index >= 15 is 0 Å². The molecule has 1 aliphatic rings. The number of carbonyl (C=O) groups excluding carboxylic acids is 3. The molecule has 13 heteroatoms. The summed E-state index contributed by atoms with van der Waals surface area (Å²) in [6, 6.07) is 21.4. The number of nitrogens with two attached hydrogens (primary N) is 2. The minimum absolute atomic E-state index is 0.0350. The molecule has 3 atom stereocenters. The van der Waals surface area contributed by atoms with E-state index in [2.05, 4.69) is 22.9 Å². The standard InChI is InChI=1S/C23H29N5O5.C11H13NO2/c24-22(25)26-13-7-12-18(21(30)31)27-20(29)19(14-16-8-3-1-4-9-16)28-23(32)33-15-17-10-5-2-6-11-17;1-7-4-5-14-10-6-8(11(12)13)2-3-9(7)10/h1-6,8-11,18-19H,7,12-15H2,(H,27,29)(H,28,32)(H,30,31)(H4,24,25,26);2-3,6-7H,4-5H2,1H3,(H2,12,13)/t18-,19-;/m0./s1. The predicted octanol–water partition coefficient (Wildman–Crippen LogP) is 3.03. The summed E-state index contributed by atoms with van der Waals surface area (Å²) in [6.07, 6.45) is 0.895. The number of carboxylic acids is 1. The first kappa shape index (κ1) is 35.9. The van der Waals surface area contributed by atoms with E-state index in [1.54, 1.807) is 48.5 Å². The molecule has 47 heavy (non-hydrogen) atoms. The molecule has 3 aromatic carbocycles. The fourth-order valence-electron chi connectivity index (χ4n) is 4.75. The molecule has 0 saturated heterocycles. The van der Waals surface area contributed by atoms with Crippen LogP contribution in [0.1, 0.15) is 59.2 Å². The molecule has 13 nitrogen and oxygen atoms in total. The van der Waals surface area contributed by atoms with Gasteiger partial charge in [-0.15, -0.1) is 0 Å². The second-order valence-corrected chi connectivity index (χ2v) is 11.0. The zero-order chi connectivity index (χ0) is 34.2. The highest BCUT2D eigenvalue weighted by molar-refractivity contribution is 5.93. The number of fused-ring (bicyclic) bond motifs is 1. The van der Waals surface area contributed by atoms with Crippen LogP contribution >= 0.6 is 0 Å². The van der Waals surface area contributed by atoms with E-state index in [1.807, 2.05) is 30.3 Å².